The first-order valence-electron chi connectivity index (χ1n) is 9.52. The Balaban J connectivity index is 1.45. The molecule has 4 rings (SSSR count). The van der Waals surface area contributed by atoms with Gasteiger partial charge in [-0.05, 0) is 19.9 Å². The first kappa shape index (κ1) is 20.4. The van der Waals surface area contributed by atoms with E-state index in [4.69, 9.17) is 0 Å². The van der Waals surface area contributed by atoms with Gasteiger partial charge in [0.25, 0.3) is 17.4 Å². The number of nitrogens with one attached hydrogen (secondary N) is 2. The fourth-order valence-corrected chi connectivity index (χ4v) is 4.15. The van der Waals surface area contributed by atoms with Crippen LogP contribution in [0.15, 0.2) is 59.4 Å². The van der Waals surface area contributed by atoms with E-state index >= 15 is 0 Å². The zero-order valence-electron chi connectivity index (χ0n) is 16.9. The fraction of sp³-hybridized carbons (Fsp3) is 0.136. The monoisotopic (exact) mass is 433 g/mol. The van der Waals surface area contributed by atoms with E-state index in [2.05, 4.69) is 20.9 Å². The largest absolute Gasteiger partial charge is 0.281 e. The molecular formula is C22H19N5O3S. The summed E-state index contributed by atoms with van der Waals surface area (Å²) >= 11 is 1.24. The van der Waals surface area contributed by atoms with E-state index < -0.39 is 11.8 Å². The van der Waals surface area contributed by atoms with E-state index in [1.54, 1.807) is 26.0 Å². The van der Waals surface area contributed by atoms with Crippen LogP contribution in [0.2, 0.25) is 0 Å². The van der Waals surface area contributed by atoms with Crippen LogP contribution < -0.4 is 16.4 Å². The molecule has 0 aliphatic heterocycles. The summed E-state index contributed by atoms with van der Waals surface area (Å²) in [5.41, 5.74) is 6.48. The van der Waals surface area contributed by atoms with Crippen molar-refractivity contribution in [2.45, 2.75) is 20.4 Å². The molecule has 2 heterocycles. The maximum atomic E-state index is 12.6. The third-order valence-electron chi connectivity index (χ3n) is 4.68. The number of benzene rings is 2. The van der Waals surface area contributed by atoms with Crippen LogP contribution in [0.1, 0.15) is 21.1 Å². The number of fused-ring (bicyclic) bond motifs is 1. The van der Waals surface area contributed by atoms with Gasteiger partial charge >= 0.3 is 0 Å². The molecule has 9 heteroatoms. The van der Waals surface area contributed by atoms with Gasteiger partial charge in [-0.1, -0.05) is 48.5 Å². The molecule has 0 saturated carbocycles. The van der Waals surface area contributed by atoms with Gasteiger partial charge in [-0.15, -0.1) is 11.3 Å². The molecule has 2 amide bonds. The van der Waals surface area contributed by atoms with E-state index in [-0.39, 0.29) is 12.1 Å². The summed E-state index contributed by atoms with van der Waals surface area (Å²) in [7, 11) is 0. The quantitative estimate of drug-likeness (QED) is 0.481. The lowest BCUT2D eigenvalue weighted by molar-refractivity contribution is -0.122. The van der Waals surface area contributed by atoms with Crippen LogP contribution in [0.5, 0.6) is 0 Å². The average molecular weight is 433 g/mol. The first-order valence-corrected chi connectivity index (χ1v) is 10.3. The van der Waals surface area contributed by atoms with E-state index in [0.29, 0.717) is 21.7 Å². The van der Waals surface area contributed by atoms with Crippen LogP contribution in [-0.2, 0) is 11.3 Å². The number of hydrazine groups is 1. The van der Waals surface area contributed by atoms with Crippen LogP contribution in [0.3, 0.4) is 0 Å². The van der Waals surface area contributed by atoms with Gasteiger partial charge in [-0.25, -0.2) is 9.67 Å². The number of carbonyl (C=O) groups excluding carboxylic acids is 2. The van der Waals surface area contributed by atoms with Gasteiger partial charge in [-0.2, -0.15) is 5.10 Å². The zero-order valence-corrected chi connectivity index (χ0v) is 17.7. The number of aromatic nitrogens is 3. The Labute approximate surface area is 181 Å². The number of hydrogen-bond donors (Lipinski definition) is 2. The minimum Gasteiger partial charge on any atom is -0.271 e. The molecule has 31 heavy (non-hydrogen) atoms. The molecule has 0 aliphatic rings. The molecule has 0 bridgehead atoms. The van der Waals surface area contributed by atoms with E-state index in [0.717, 1.165) is 20.6 Å². The van der Waals surface area contributed by atoms with Crippen molar-refractivity contribution in [2.24, 2.45) is 0 Å². The number of amides is 2. The topological polar surface area (TPSA) is 106 Å². The smallest absolute Gasteiger partial charge is 0.271 e. The van der Waals surface area contributed by atoms with Crippen molar-refractivity contribution < 1.29 is 9.59 Å². The van der Waals surface area contributed by atoms with Crippen molar-refractivity contribution in [2.75, 3.05) is 0 Å². The lowest BCUT2D eigenvalue weighted by atomic mass is 10.1. The molecule has 2 aromatic heterocycles. The van der Waals surface area contributed by atoms with E-state index in [9.17, 15) is 14.4 Å². The predicted octanol–water partition coefficient (Wildman–Crippen LogP) is 2.60. The summed E-state index contributed by atoms with van der Waals surface area (Å²) < 4.78 is 1.09. The van der Waals surface area contributed by atoms with Gasteiger partial charge in [0.1, 0.15) is 16.4 Å². The van der Waals surface area contributed by atoms with Gasteiger partial charge in [-0.3, -0.25) is 25.2 Å². The molecular weight excluding hydrogens is 414 g/mol. The van der Waals surface area contributed by atoms with Crippen molar-refractivity contribution in [3.63, 3.8) is 0 Å². The van der Waals surface area contributed by atoms with Crippen molar-refractivity contribution in [3.8, 4) is 10.6 Å². The summed E-state index contributed by atoms with van der Waals surface area (Å²) in [6, 6.07) is 16.6. The molecule has 2 aromatic carbocycles. The highest BCUT2D eigenvalue weighted by Gasteiger charge is 2.17. The van der Waals surface area contributed by atoms with Gasteiger partial charge in [0.2, 0.25) is 0 Å². The van der Waals surface area contributed by atoms with Crippen molar-refractivity contribution in [1.29, 1.82) is 0 Å². The Morgan fingerprint density at radius 1 is 0.935 bits per heavy atom. The normalized spacial score (nSPS) is 10.8. The molecule has 0 unspecified atom stereocenters. The molecule has 0 aliphatic carbocycles. The standard InChI is InChI=1S/C22H19N5O3S/c1-13-16-10-6-7-11-17(16)22(30)27(26-13)12-18(28)24-25-20(29)19-14(2)23-21(31-19)15-8-4-3-5-9-15/h3-11H,12H2,1-2H3,(H,24,28)(H,25,29). The molecule has 0 spiro atoms. The lowest BCUT2D eigenvalue weighted by Gasteiger charge is -2.10. The number of rotatable bonds is 4. The lowest BCUT2D eigenvalue weighted by Crippen LogP contribution is -2.44. The van der Waals surface area contributed by atoms with Crippen LogP contribution >= 0.6 is 11.3 Å². The van der Waals surface area contributed by atoms with Crippen LogP contribution in [0.25, 0.3) is 21.3 Å². The highest BCUT2D eigenvalue weighted by Crippen LogP contribution is 2.27. The maximum Gasteiger partial charge on any atom is 0.281 e. The molecule has 2 N–H and O–H groups in total. The number of carbonyl (C=O) groups is 2. The summed E-state index contributed by atoms with van der Waals surface area (Å²) in [4.78, 5) is 42.3. The van der Waals surface area contributed by atoms with Crippen LogP contribution in [0.4, 0.5) is 0 Å². The third kappa shape index (κ3) is 4.22. The minimum absolute atomic E-state index is 0.318. The highest BCUT2D eigenvalue weighted by atomic mass is 32.1. The Morgan fingerprint density at radius 3 is 2.35 bits per heavy atom. The van der Waals surface area contributed by atoms with Gasteiger partial charge in [0.15, 0.2) is 0 Å². The Hall–Kier alpha value is -3.85. The summed E-state index contributed by atoms with van der Waals surface area (Å²) in [6.45, 7) is 3.19. The zero-order chi connectivity index (χ0) is 22.0. The van der Waals surface area contributed by atoms with Crippen molar-refractivity contribution in [3.05, 3.63) is 81.2 Å². The number of thiazole rings is 1. The van der Waals surface area contributed by atoms with E-state index in [1.807, 2.05) is 42.5 Å². The van der Waals surface area contributed by atoms with Gasteiger partial charge in [0.05, 0.1) is 16.8 Å². The third-order valence-corrected chi connectivity index (χ3v) is 5.89. The van der Waals surface area contributed by atoms with Crippen LogP contribution in [0, 0.1) is 13.8 Å². The minimum atomic E-state index is -0.567. The molecule has 0 radical (unpaired) electrons. The second-order valence-electron chi connectivity index (χ2n) is 6.90. The van der Waals surface area contributed by atoms with Crippen molar-refractivity contribution in [1.82, 2.24) is 25.6 Å². The molecule has 0 atom stereocenters. The average Bonchev–Trinajstić information content (AvgIpc) is 3.18. The number of nitrogens with zero attached hydrogens (tertiary/aromatic N) is 3. The van der Waals surface area contributed by atoms with Crippen LogP contribution in [-0.4, -0.2) is 26.6 Å². The van der Waals surface area contributed by atoms with Gasteiger partial charge in [0, 0.05) is 10.9 Å². The molecule has 156 valence electrons. The highest BCUT2D eigenvalue weighted by molar-refractivity contribution is 7.17. The SMILES string of the molecule is Cc1nc(-c2ccccc2)sc1C(=O)NNC(=O)Cn1nc(C)c2ccccc2c1=O. The van der Waals surface area contributed by atoms with Gasteiger partial charge < -0.3 is 0 Å². The second kappa shape index (κ2) is 8.49. The van der Waals surface area contributed by atoms with Crippen molar-refractivity contribution >= 4 is 33.9 Å². The fourth-order valence-electron chi connectivity index (χ4n) is 3.18. The predicted molar refractivity (Wildman–Crippen MR) is 119 cm³/mol. The van der Waals surface area contributed by atoms with E-state index in [1.165, 1.54) is 11.3 Å². The number of aryl methyl sites for hydroxylation is 2. The maximum absolute atomic E-state index is 12.6. The Morgan fingerprint density at radius 2 is 1.61 bits per heavy atom. The summed E-state index contributed by atoms with van der Waals surface area (Å²) in [5.74, 6) is -1.04. The Kier molecular flexibility index (Phi) is 5.59. The number of hydrogen-bond acceptors (Lipinski definition) is 6. The summed E-state index contributed by atoms with van der Waals surface area (Å²) in [5, 5.41) is 6.15. The second-order valence-corrected chi connectivity index (χ2v) is 7.89. The molecule has 8 nitrogen and oxygen atoms in total. The Bertz CT molecular complexity index is 1340. The molecule has 0 fully saturated rings. The molecule has 4 aromatic rings. The first-order chi connectivity index (χ1) is 14.9. The molecule has 0 saturated heterocycles. The summed E-state index contributed by atoms with van der Waals surface area (Å²) in [6.07, 6.45) is 0.